The van der Waals surface area contributed by atoms with Crippen molar-refractivity contribution >= 4 is 32.9 Å². The van der Waals surface area contributed by atoms with Gasteiger partial charge in [-0.25, -0.2) is 14.8 Å². The fourth-order valence-electron chi connectivity index (χ4n) is 1.86. The summed E-state index contributed by atoms with van der Waals surface area (Å²) in [6.45, 7) is 0. The molecule has 0 unspecified atom stereocenters. The molecule has 0 aliphatic rings. The summed E-state index contributed by atoms with van der Waals surface area (Å²) in [5.41, 5.74) is 1.49. The van der Waals surface area contributed by atoms with Crippen LogP contribution in [0.1, 0.15) is 10.4 Å². The lowest BCUT2D eigenvalue weighted by Crippen LogP contribution is -2.01. The highest BCUT2D eigenvalue weighted by Crippen LogP contribution is 2.28. The number of hydrogen-bond donors (Lipinski definition) is 1. The summed E-state index contributed by atoms with van der Waals surface area (Å²) in [4.78, 5) is 19.7. The minimum absolute atomic E-state index is 0.0631. The molecule has 2 aromatic carbocycles. The number of carbonyl (C=O) groups is 1. The monoisotopic (exact) mass is 344 g/mol. The largest absolute Gasteiger partial charge is 0.478 e. The molecule has 21 heavy (non-hydrogen) atoms. The molecule has 0 saturated carbocycles. The molecule has 6 heteroatoms. The number of aromatic nitrogens is 2. The number of carboxylic acid groups (broad SMARTS) is 1. The highest BCUT2D eigenvalue weighted by atomic mass is 79.9. The Bertz CT molecular complexity index is 836. The van der Waals surface area contributed by atoms with Crippen molar-refractivity contribution in [2.45, 2.75) is 0 Å². The predicted octanol–water partition coefficient (Wildman–Crippen LogP) is 3.88. The van der Waals surface area contributed by atoms with Crippen LogP contribution in [-0.2, 0) is 0 Å². The van der Waals surface area contributed by atoms with Gasteiger partial charge < -0.3 is 9.84 Å². The Morgan fingerprint density at radius 2 is 1.90 bits per heavy atom. The molecule has 3 rings (SSSR count). The number of benzene rings is 2. The second-order valence-electron chi connectivity index (χ2n) is 4.24. The van der Waals surface area contributed by atoms with Crippen LogP contribution in [-0.4, -0.2) is 21.0 Å². The molecule has 5 nitrogen and oxygen atoms in total. The van der Waals surface area contributed by atoms with Crippen LogP contribution in [0.2, 0.25) is 0 Å². The van der Waals surface area contributed by atoms with Gasteiger partial charge in [0.25, 0.3) is 0 Å². The zero-order chi connectivity index (χ0) is 14.8. The lowest BCUT2D eigenvalue weighted by molar-refractivity contribution is 0.0694. The summed E-state index contributed by atoms with van der Waals surface area (Å²) in [5.74, 6) is -0.609. The van der Waals surface area contributed by atoms with Crippen molar-refractivity contribution in [3.8, 4) is 11.6 Å². The molecule has 0 atom stereocenters. The van der Waals surface area contributed by atoms with Gasteiger partial charge in [-0.1, -0.05) is 28.1 Å². The van der Waals surface area contributed by atoms with Gasteiger partial charge in [0, 0.05) is 4.47 Å². The number of ether oxygens (including phenoxy) is 1. The van der Waals surface area contributed by atoms with Gasteiger partial charge in [0.15, 0.2) is 0 Å². The Labute approximate surface area is 128 Å². The molecule has 3 aromatic rings. The number of fused-ring (bicyclic) bond motifs is 1. The molecular weight excluding hydrogens is 336 g/mol. The van der Waals surface area contributed by atoms with E-state index in [0.717, 1.165) is 9.99 Å². The summed E-state index contributed by atoms with van der Waals surface area (Å²) >= 11 is 3.29. The molecule has 0 fully saturated rings. The molecule has 0 aliphatic carbocycles. The Morgan fingerprint density at radius 1 is 1.14 bits per heavy atom. The van der Waals surface area contributed by atoms with Crippen LogP contribution in [0, 0.1) is 0 Å². The first kappa shape index (κ1) is 13.5. The number of para-hydroxylation sites is 2. The number of carboxylic acids is 1. The molecule has 1 N–H and O–H groups in total. The van der Waals surface area contributed by atoms with Gasteiger partial charge in [0.1, 0.15) is 11.3 Å². The summed E-state index contributed by atoms with van der Waals surface area (Å²) in [6, 6.07) is 12.1. The molecule has 0 spiro atoms. The van der Waals surface area contributed by atoms with E-state index in [1.807, 2.05) is 24.3 Å². The maximum atomic E-state index is 11.2. The summed E-state index contributed by atoms with van der Waals surface area (Å²) in [6.07, 6.45) is 1.47. The van der Waals surface area contributed by atoms with Gasteiger partial charge in [-0.3, -0.25) is 0 Å². The Balaban J connectivity index is 2.02. The summed E-state index contributed by atoms with van der Waals surface area (Å²) in [5, 5.41) is 9.17. The zero-order valence-electron chi connectivity index (χ0n) is 10.7. The number of halogens is 1. The van der Waals surface area contributed by atoms with Crippen LogP contribution >= 0.6 is 15.9 Å². The smallest absolute Gasteiger partial charge is 0.339 e. The van der Waals surface area contributed by atoms with Crippen LogP contribution in [0.4, 0.5) is 0 Å². The average molecular weight is 345 g/mol. The van der Waals surface area contributed by atoms with E-state index in [0.29, 0.717) is 5.52 Å². The van der Waals surface area contributed by atoms with Crippen LogP contribution in [0.3, 0.4) is 0 Å². The summed E-state index contributed by atoms with van der Waals surface area (Å²) < 4.78 is 6.29. The van der Waals surface area contributed by atoms with E-state index in [4.69, 9.17) is 4.74 Å². The van der Waals surface area contributed by atoms with Gasteiger partial charge in [0.05, 0.1) is 17.2 Å². The van der Waals surface area contributed by atoms with Crippen molar-refractivity contribution in [3.63, 3.8) is 0 Å². The van der Waals surface area contributed by atoms with E-state index >= 15 is 0 Å². The third kappa shape index (κ3) is 2.85. The van der Waals surface area contributed by atoms with E-state index < -0.39 is 5.97 Å². The van der Waals surface area contributed by atoms with Crippen LogP contribution in [0.15, 0.2) is 53.1 Å². The normalized spacial score (nSPS) is 10.5. The predicted molar refractivity (Wildman–Crippen MR) is 80.7 cm³/mol. The quantitative estimate of drug-likeness (QED) is 0.780. The van der Waals surface area contributed by atoms with Crippen molar-refractivity contribution in [2.24, 2.45) is 0 Å². The fourth-order valence-corrected chi connectivity index (χ4v) is 2.20. The topological polar surface area (TPSA) is 72.3 Å². The molecular formula is C15H9BrN2O3. The van der Waals surface area contributed by atoms with Gasteiger partial charge in [-0.15, -0.1) is 0 Å². The van der Waals surface area contributed by atoms with E-state index in [1.54, 1.807) is 12.1 Å². The molecule has 0 bridgehead atoms. The number of nitrogens with zero attached hydrogens (tertiary/aromatic N) is 2. The molecule has 0 radical (unpaired) electrons. The maximum absolute atomic E-state index is 11.2. The van der Waals surface area contributed by atoms with Crippen molar-refractivity contribution in [3.05, 3.63) is 58.7 Å². The molecule has 0 amide bonds. The average Bonchev–Trinajstić information content (AvgIpc) is 2.47. The molecule has 0 saturated heterocycles. The second kappa shape index (κ2) is 5.49. The Kier molecular flexibility index (Phi) is 3.53. The van der Waals surface area contributed by atoms with Gasteiger partial charge in [0.2, 0.25) is 5.88 Å². The van der Waals surface area contributed by atoms with Gasteiger partial charge in [-0.05, 0) is 30.3 Å². The fraction of sp³-hybridized carbons (Fsp3) is 0. The van der Waals surface area contributed by atoms with Gasteiger partial charge >= 0.3 is 5.97 Å². The van der Waals surface area contributed by atoms with Gasteiger partial charge in [-0.2, -0.15) is 0 Å². The van der Waals surface area contributed by atoms with E-state index in [1.165, 1.54) is 12.3 Å². The maximum Gasteiger partial charge on any atom is 0.339 e. The molecule has 1 aromatic heterocycles. The highest BCUT2D eigenvalue weighted by Gasteiger charge is 2.13. The standard InChI is InChI=1S/C15H9BrN2O3/c16-9-5-6-10(15(19)20)13(7-9)21-14-8-17-11-3-1-2-4-12(11)18-14/h1-8H,(H,19,20). The van der Waals surface area contributed by atoms with Crippen molar-refractivity contribution in [2.75, 3.05) is 0 Å². The summed E-state index contributed by atoms with van der Waals surface area (Å²) in [7, 11) is 0. The Morgan fingerprint density at radius 3 is 2.67 bits per heavy atom. The number of rotatable bonds is 3. The first-order valence-corrected chi connectivity index (χ1v) is 6.85. The van der Waals surface area contributed by atoms with E-state index in [2.05, 4.69) is 25.9 Å². The minimum Gasteiger partial charge on any atom is -0.478 e. The number of aromatic carboxylic acids is 1. The highest BCUT2D eigenvalue weighted by molar-refractivity contribution is 9.10. The minimum atomic E-state index is -1.06. The first-order chi connectivity index (χ1) is 10.1. The Hall–Kier alpha value is -2.47. The second-order valence-corrected chi connectivity index (χ2v) is 5.16. The van der Waals surface area contributed by atoms with E-state index in [9.17, 15) is 9.90 Å². The molecule has 1 heterocycles. The molecule has 104 valence electrons. The third-order valence-corrected chi connectivity index (χ3v) is 3.31. The number of hydrogen-bond acceptors (Lipinski definition) is 4. The van der Waals surface area contributed by atoms with Crippen LogP contribution in [0.5, 0.6) is 11.6 Å². The lowest BCUT2D eigenvalue weighted by Gasteiger charge is -2.08. The van der Waals surface area contributed by atoms with Crippen LogP contribution in [0.25, 0.3) is 11.0 Å². The third-order valence-electron chi connectivity index (χ3n) is 2.82. The first-order valence-electron chi connectivity index (χ1n) is 6.06. The van der Waals surface area contributed by atoms with Crippen molar-refractivity contribution in [1.29, 1.82) is 0 Å². The zero-order valence-corrected chi connectivity index (χ0v) is 12.2. The van der Waals surface area contributed by atoms with E-state index in [-0.39, 0.29) is 17.2 Å². The SMILES string of the molecule is O=C(O)c1ccc(Br)cc1Oc1cnc2ccccc2n1. The molecule has 0 aliphatic heterocycles. The van der Waals surface area contributed by atoms with Crippen molar-refractivity contribution in [1.82, 2.24) is 9.97 Å². The lowest BCUT2D eigenvalue weighted by atomic mass is 10.2. The van der Waals surface area contributed by atoms with Crippen molar-refractivity contribution < 1.29 is 14.6 Å². The van der Waals surface area contributed by atoms with Crippen LogP contribution < -0.4 is 4.74 Å².